The molecule has 0 heterocycles. The second kappa shape index (κ2) is 9.75. The van der Waals surface area contributed by atoms with Crippen LogP contribution in [0.2, 0.25) is 5.02 Å². The van der Waals surface area contributed by atoms with Gasteiger partial charge in [0.05, 0.1) is 11.3 Å². The highest BCUT2D eigenvalue weighted by Crippen LogP contribution is 2.22. The Morgan fingerprint density at radius 3 is 2.54 bits per heavy atom. The number of carbonyl (C=O) groups is 3. The number of hydrogen-bond donors (Lipinski definition) is 3. The number of rotatable bonds is 7. The van der Waals surface area contributed by atoms with E-state index in [2.05, 4.69) is 10.6 Å². The molecule has 0 saturated heterocycles. The van der Waals surface area contributed by atoms with E-state index < -0.39 is 18.5 Å². The lowest BCUT2D eigenvalue weighted by molar-refractivity contribution is -0.119. The average molecular weight is 405 g/mol. The van der Waals surface area contributed by atoms with Crippen molar-refractivity contribution in [3.05, 3.63) is 58.6 Å². The fraction of sp³-hybridized carbons (Fsp3) is 0.250. The van der Waals surface area contributed by atoms with Gasteiger partial charge in [-0.1, -0.05) is 37.6 Å². The maximum Gasteiger partial charge on any atom is 0.342 e. The number of hydrogen-bond acceptors (Lipinski definition) is 5. The van der Waals surface area contributed by atoms with Crippen LogP contribution in [-0.2, 0) is 9.53 Å². The van der Waals surface area contributed by atoms with Gasteiger partial charge in [0, 0.05) is 11.6 Å². The standard InChI is InChI=1S/C20H21ClN2O5/c1-12(2)10-22-19(26)14-5-3-4-6-16(14)23-18(25)11-28-20(27)15-9-13(21)7-8-17(15)24/h3-9,12,24H,10-11H2,1-2H3,(H,22,26)(H,23,25). The molecule has 0 aliphatic heterocycles. The van der Waals surface area contributed by atoms with Crippen molar-refractivity contribution in [3.8, 4) is 5.75 Å². The van der Waals surface area contributed by atoms with Crippen molar-refractivity contribution in [2.45, 2.75) is 13.8 Å². The molecule has 8 heteroatoms. The molecule has 2 aromatic carbocycles. The van der Waals surface area contributed by atoms with E-state index in [1.165, 1.54) is 18.2 Å². The molecule has 0 aromatic heterocycles. The molecule has 0 spiro atoms. The normalized spacial score (nSPS) is 10.4. The largest absolute Gasteiger partial charge is 0.507 e. The van der Waals surface area contributed by atoms with Crippen LogP contribution in [0.4, 0.5) is 5.69 Å². The first kappa shape index (κ1) is 21.2. The van der Waals surface area contributed by atoms with Crippen LogP contribution >= 0.6 is 11.6 Å². The Morgan fingerprint density at radius 1 is 1.11 bits per heavy atom. The first-order chi connectivity index (χ1) is 13.3. The molecule has 7 nitrogen and oxygen atoms in total. The van der Waals surface area contributed by atoms with E-state index >= 15 is 0 Å². The molecule has 0 aliphatic rings. The Labute approximate surface area is 167 Å². The first-order valence-corrected chi connectivity index (χ1v) is 8.98. The molecule has 148 valence electrons. The van der Waals surface area contributed by atoms with Gasteiger partial charge in [-0.15, -0.1) is 0 Å². The Kier molecular flexibility index (Phi) is 7.40. The number of halogens is 1. The van der Waals surface area contributed by atoms with Crippen LogP contribution in [0.3, 0.4) is 0 Å². The molecular formula is C20H21ClN2O5. The summed E-state index contributed by atoms with van der Waals surface area (Å²) in [5, 5.41) is 15.3. The minimum atomic E-state index is -0.891. The molecule has 0 bridgehead atoms. The van der Waals surface area contributed by atoms with Gasteiger partial charge in [-0.05, 0) is 36.2 Å². The number of benzene rings is 2. The van der Waals surface area contributed by atoms with E-state index in [1.54, 1.807) is 24.3 Å². The number of ether oxygens (including phenoxy) is 1. The third-order valence-electron chi connectivity index (χ3n) is 3.63. The van der Waals surface area contributed by atoms with Gasteiger partial charge in [-0.3, -0.25) is 9.59 Å². The van der Waals surface area contributed by atoms with E-state index in [0.717, 1.165) is 0 Å². The fourth-order valence-corrected chi connectivity index (χ4v) is 2.42. The molecule has 0 saturated carbocycles. The molecule has 0 aliphatic carbocycles. The van der Waals surface area contributed by atoms with E-state index in [9.17, 15) is 19.5 Å². The van der Waals surface area contributed by atoms with Crippen LogP contribution in [0.1, 0.15) is 34.6 Å². The summed E-state index contributed by atoms with van der Waals surface area (Å²) in [7, 11) is 0. The van der Waals surface area contributed by atoms with Gasteiger partial charge in [-0.25, -0.2) is 4.79 Å². The van der Waals surface area contributed by atoms with Crippen molar-refractivity contribution >= 4 is 35.1 Å². The Balaban J connectivity index is 1.99. The van der Waals surface area contributed by atoms with Gasteiger partial charge < -0.3 is 20.5 Å². The molecule has 3 N–H and O–H groups in total. The predicted molar refractivity (Wildman–Crippen MR) is 106 cm³/mol. The van der Waals surface area contributed by atoms with Crippen LogP contribution in [0, 0.1) is 5.92 Å². The summed E-state index contributed by atoms with van der Waals surface area (Å²) >= 11 is 5.79. The summed E-state index contributed by atoms with van der Waals surface area (Å²) < 4.78 is 4.91. The third-order valence-corrected chi connectivity index (χ3v) is 3.86. The van der Waals surface area contributed by atoms with E-state index in [4.69, 9.17) is 16.3 Å². The number of aromatic hydroxyl groups is 1. The highest BCUT2D eigenvalue weighted by Gasteiger charge is 2.17. The van der Waals surface area contributed by atoms with Crippen molar-refractivity contribution in [2.24, 2.45) is 5.92 Å². The number of para-hydroxylation sites is 1. The number of phenolic OH excluding ortho intramolecular Hbond substituents is 1. The van der Waals surface area contributed by atoms with E-state index in [1.807, 2.05) is 13.8 Å². The summed E-state index contributed by atoms with van der Waals surface area (Å²) in [4.78, 5) is 36.4. The van der Waals surface area contributed by atoms with Gasteiger partial charge in [0.1, 0.15) is 11.3 Å². The zero-order chi connectivity index (χ0) is 20.7. The third kappa shape index (κ3) is 5.99. The second-order valence-corrected chi connectivity index (χ2v) is 6.87. The molecule has 0 fully saturated rings. The molecule has 28 heavy (non-hydrogen) atoms. The van der Waals surface area contributed by atoms with Crippen LogP contribution in [0.5, 0.6) is 5.75 Å². The van der Waals surface area contributed by atoms with Crippen molar-refractivity contribution < 1.29 is 24.2 Å². The number of esters is 1. The second-order valence-electron chi connectivity index (χ2n) is 6.44. The average Bonchev–Trinajstić information content (AvgIpc) is 2.66. The fourth-order valence-electron chi connectivity index (χ4n) is 2.25. The van der Waals surface area contributed by atoms with Gasteiger partial charge in [0.15, 0.2) is 6.61 Å². The Hall–Kier alpha value is -3.06. The number of amides is 2. The van der Waals surface area contributed by atoms with Crippen LogP contribution in [0.25, 0.3) is 0 Å². The molecule has 0 radical (unpaired) electrons. The Morgan fingerprint density at radius 2 is 1.82 bits per heavy atom. The quantitative estimate of drug-likeness (QED) is 0.614. The smallest absolute Gasteiger partial charge is 0.342 e. The van der Waals surface area contributed by atoms with Crippen molar-refractivity contribution in [3.63, 3.8) is 0 Å². The molecule has 2 rings (SSSR count). The maximum absolute atomic E-state index is 12.3. The van der Waals surface area contributed by atoms with Crippen molar-refractivity contribution in [1.82, 2.24) is 5.32 Å². The lowest BCUT2D eigenvalue weighted by Gasteiger charge is -2.13. The minimum absolute atomic E-state index is 0.145. The van der Waals surface area contributed by atoms with Gasteiger partial charge in [-0.2, -0.15) is 0 Å². The lowest BCUT2D eigenvalue weighted by Crippen LogP contribution is -2.29. The molecular weight excluding hydrogens is 384 g/mol. The number of anilines is 1. The van der Waals surface area contributed by atoms with Gasteiger partial charge >= 0.3 is 5.97 Å². The van der Waals surface area contributed by atoms with E-state index in [-0.39, 0.29) is 28.2 Å². The summed E-state index contributed by atoms with van der Waals surface area (Å²) in [6, 6.07) is 10.4. The Bertz CT molecular complexity index is 883. The zero-order valence-corrected chi connectivity index (χ0v) is 16.2. The molecule has 0 atom stereocenters. The first-order valence-electron chi connectivity index (χ1n) is 8.60. The molecule has 2 aromatic rings. The molecule has 2 amide bonds. The van der Waals surface area contributed by atoms with Crippen molar-refractivity contribution in [1.29, 1.82) is 0 Å². The highest BCUT2D eigenvalue weighted by atomic mass is 35.5. The monoisotopic (exact) mass is 404 g/mol. The maximum atomic E-state index is 12.3. The van der Waals surface area contributed by atoms with Crippen molar-refractivity contribution in [2.75, 3.05) is 18.5 Å². The summed E-state index contributed by atoms with van der Waals surface area (Å²) in [5.41, 5.74) is 0.458. The predicted octanol–water partition coefficient (Wildman–Crippen LogP) is 3.23. The number of phenols is 1. The summed E-state index contributed by atoms with van der Waals surface area (Å²) in [6.07, 6.45) is 0. The summed E-state index contributed by atoms with van der Waals surface area (Å²) in [5.74, 6) is -1.85. The van der Waals surface area contributed by atoms with Gasteiger partial charge in [0.2, 0.25) is 0 Å². The SMILES string of the molecule is CC(C)CNC(=O)c1ccccc1NC(=O)COC(=O)c1cc(Cl)ccc1O. The molecule has 0 unspecified atom stereocenters. The number of carbonyl (C=O) groups excluding carboxylic acids is 3. The summed E-state index contributed by atoms with van der Waals surface area (Å²) in [6.45, 7) is 3.86. The van der Waals surface area contributed by atoms with Gasteiger partial charge in [0.25, 0.3) is 11.8 Å². The number of nitrogens with one attached hydrogen (secondary N) is 2. The van der Waals surface area contributed by atoms with Crippen LogP contribution in [0.15, 0.2) is 42.5 Å². The zero-order valence-electron chi connectivity index (χ0n) is 15.5. The van der Waals surface area contributed by atoms with Crippen LogP contribution < -0.4 is 10.6 Å². The van der Waals surface area contributed by atoms with Crippen LogP contribution in [-0.4, -0.2) is 36.0 Å². The van der Waals surface area contributed by atoms with E-state index in [0.29, 0.717) is 17.8 Å². The lowest BCUT2D eigenvalue weighted by atomic mass is 10.1. The minimum Gasteiger partial charge on any atom is -0.507 e. The highest BCUT2D eigenvalue weighted by molar-refractivity contribution is 6.31. The topological polar surface area (TPSA) is 105 Å².